The summed E-state index contributed by atoms with van der Waals surface area (Å²) in [6, 6.07) is 0. The Morgan fingerprint density at radius 1 is 1.45 bits per heavy atom. The van der Waals surface area contributed by atoms with Gasteiger partial charge in [0.25, 0.3) is 5.91 Å². The molecule has 20 heavy (non-hydrogen) atoms. The first kappa shape index (κ1) is 15.0. The van der Waals surface area contributed by atoms with Crippen LogP contribution >= 0.6 is 11.3 Å². The zero-order valence-corrected chi connectivity index (χ0v) is 13.3. The molecule has 2 rings (SSSR count). The summed E-state index contributed by atoms with van der Waals surface area (Å²) < 4.78 is 0. The van der Waals surface area contributed by atoms with Crippen LogP contribution in [-0.2, 0) is 4.79 Å². The van der Waals surface area contributed by atoms with E-state index in [0.29, 0.717) is 12.5 Å². The first-order valence-electron chi connectivity index (χ1n) is 6.83. The number of aryl methyl sites for hydroxylation is 2. The molecule has 110 valence electrons. The van der Waals surface area contributed by atoms with E-state index in [2.05, 4.69) is 4.98 Å². The van der Waals surface area contributed by atoms with Crippen molar-refractivity contribution in [3.8, 4) is 0 Å². The Bertz CT molecular complexity index is 526. The van der Waals surface area contributed by atoms with Crippen molar-refractivity contribution in [3.05, 3.63) is 15.6 Å². The first-order chi connectivity index (χ1) is 9.38. The number of carbonyl (C=O) groups is 2. The number of likely N-dealkylation sites (tertiary alicyclic amines) is 1. The molecule has 0 N–H and O–H groups in total. The number of hydrogen-bond acceptors (Lipinski definition) is 4. The van der Waals surface area contributed by atoms with E-state index < -0.39 is 0 Å². The fraction of sp³-hybridized carbons (Fsp3) is 0.643. The molecule has 0 spiro atoms. The molecule has 1 aliphatic heterocycles. The molecule has 1 fully saturated rings. The number of aromatic nitrogens is 1. The summed E-state index contributed by atoms with van der Waals surface area (Å²) in [5.74, 6) is 0.534. The van der Waals surface area contributed by atoms with Crippen LogP contribution in [0.25, 0.3) is 0 Å². The zero-order chi connectivity index (χ0) is 14.9. The minimum Gasteiger partial charge on any atom is -0.343 e. The van der Waals surface area contributed by atoms with Crippen LogP contribution in [0.2, 0.25) is 0 Å². The van der Waals surface area contributed by atoms with Gasteiger partial charge in [-0.3, -0.25) is 9.59 Å². The molecule has 5 nitrogen and oxygen atoms in total. The lowest BCUT2D eigenvalue weighted by atomic mass is 10.1. The summed E-state index contributed by atoms with van der Waals surface area (Å²) >= 11 is 1.45. The molecule has 2 amide bonds. The molecule has 0 saturated carbocycles. The highest BCUT2D eigenvalue weighted by Crippen LogP contribution is 2.21. The predicted molar refractivity (Wildman–Crippen MR) is 78.9 cm³/mol. The number of amides is 2. The van der Waals surface area contributed by atoms with E-state index in [9.17, 15) is 9.59 Å². The van der Waals surface area contributed by atoms with Gasteiger partial charge in [0, 0.05) is 33.6 Å². The average Bonchev–Trinajstić information content (AvgIpc) is 2.95. The fourth-order valence-electron chi connectivity index (χ4n) is 2.64. The molecule has 0 bridgehead atoms. The molecule has 1 aromatic rings. The number of carbonyl (C=O) groups excluding carboxylic acids is 2. The summed E-state index contributed by atoms with van der Waals surface area (Å²) in [6.45, 7) is 7.64. The van der Waals surface area contributed by atoms with Gasteiger partial charge in [0.15, 0.2) is 0 Å². The van der Waals surface area contributed by atoms with Gasteiger partial charge in [-0.15, -0.1) is 11.3 Å². The highest BCUT2D eigenvalue weighted by atomic mass is 32.1. The van der Waals surface area contributed by atoms with Gasteiger partial charge >= 0.3 is 0 Å². The fourth-order valence-corrected chi connectivity index (χ4v) is 3.56. The van der Waals surface area contributed by atoms with E-state index in [1.165, 1.54) is 11.3 Å². The Labute approximate surface area is 123 Å². The molecule has 1 aromatic heterocycles. The van der Waals surface area contributed by atoms with E-state index in [4.69, 9.17) is 0 Å². The molecule has 0 radical (unpaired) electrons. The summed E-state index contributed by atoms with van der Waals surface area (Å²) in [7, 11) is 1.83. The number of thiazole rings is 1. The van der Waals surface area contributed by atoms with Gasteiger partial charge in [-0.05, 0) is 26.2 Å². The van der Waals surface area contributed by atoms with Crippen LogP contribution in [0, 0.1) is 19.8 Å². The molecule has 1 unspecified atom stereocenters. The van der Waals surface area contributed by atoms with Gasteiger partial charge in [-0.1, -0.05) is 0 Å². The third-order valence-corrected chi connectivity index (χ3v) is 4.77. The Balaban J connectivity index is 1.95. The van der Waals surface area contributed by atoms with E-state index in [1.54, 1.807) is 11.8 Å². The lowest BCUT2D eigenvalue weighted by molar-refractivity contribution is -0.127. The monoisotopic (exact) mass is 295 g/mol. The lowest BCUT2D eigenvalue weighted by Gasteiger charge is -2.21. The SMILES string of the molecule is CC(=O)N1CCC(CN(C)C(=O)c2sc(C)nc2C)C1. The second kappa shape index (κ2) is 5.91. The lowest BCUT2D eigenvalue weighted by Crippen LogP contribution is -2.33. The third-order valence-electron chi connectivity index (χ3n) is 3.71. The second-order valence-corrected chi connectivity index (χ2v) is 6.66. The van der Waals surface area contributed by atoms with Crippen LogP contribution in [0.4, 0.5) is 0 Å². The van der Waals surface area contributed by atoms with Crippen molar-refractivity contribution < 1.29 is 9.59 Å². The van der Waals surface area contributed by atoms with Gasteiger partial charge in [0.1, 0.15) is 4.88 Å². The molecule has 2 heterocycles. The van der Waals surface area contributed by atoms with Crippen LogP contribution < -0.4 is 0 Å². The van der Waals surface area contributed by atoms with E-state index in [-0.39, 0.29) is 11.8 Å². The minimum absolute atomic E-state index is 0.0365. The van der Waals surface area contributed by atoms with Crippen LogP contribution in [0.3, 0.4) is 0 Å². The Morgan fingerprint density at radius 2 is 2.15 bits per heavy atom. The molecular formula is C14H21N3O2S. The Morgan fingerprint density at radius 3 is 2.65 bits per heavy atom. The second-order valence-electron chi connectivity index (χ2n) is 5.45. The molecular weight excluding hydrogens is 274 g/mol. The highest BCUT2D eigenvalue weighted by Gasteiger charge is 2.27. The van der Waals surface area contributed by atoms with Crippen molar-refractivity contribution in [1.29, 1.82) is 0 Å². The molecule has 6 heteroatoms. The summed E-state index contributed by atoms with van der Waals surface area (Å²) in [5, 5.41) is 0.919. The summed E-state index contributed by atoms with van der Waals surface area (Å²) in [4.78, 5) is 32.4. The largest absolute Gasteiger partial charge is 0.343 e. The highest BCUT2D eigenvalue weighted by molar-refractivity contribution is 7.13. The maximum absolute atomic E-state index is 12.4. The summed E-state index contributed by atoms with van der Waals surface area (Å²) in [5.41, 5.74) is 0.807. The molecule has 0 aromatic carbocycles. The van der Waals surface area contributed by atoms with E-state index in [0.717, 1.165) is 35.1 Å². The molecule has 1 saturated heterocycles. The average molecular weight is 295 g/mol. The maximum Gasteiger partial charge on any atom is 0.265 e. The number of rotatable bonds is 3. The van der Waals surface area contributed by atoms with Crippen molar-refractivity contribution in [3.63, 3.8) is 0 Å². The van der Waals surface area contributed by atoms with Crippen molar-refractivity contribution in [2.45, 2.75) is 27.2 Å². The molecule has 1 atom stereocenters. The van der Waals surface area contributed by atoms with Gasteiger partial charge in [-0.2, -0.15) is 0 Å². The number of hydrogen-bond donors (Lipinski definition) is 0. The smallest absolute Gasteiger partial charge is 0.265 e. The predicted octanol–water partition coefficient (Wildman–Crippen LogP) is 1.70. The minimum atomic E-state index is 0.0365. The van der Waals surface area contributed by atoms with Crippen molar-refractivity contribution >= 4 is 23.2 Å². The van der Waals surface area contributed by atoms with Crippen molar-refractivity contribution in [2.24, 2.45) is 5.92 Å². The first-order valence-corrected chi connectivity index (χ1v) is 7.65. The van der Waals surface area contributed by atoms with E-state index in [1.807, 2.05) is 25.8 Å². The van der Waals surface area contributed by atoms with Gasteiger partial charge in [0.05, 0.1) is 10.7 Å². The van der Waals surface area contributed by atoms with Gasteiger partial charge < -0.3 is 9.80 Å². The van der Waals surface area contributed by atoms with Gasteiger partial charge in [0.2, 0.25) is 5.91 Å². The van der Waals surface area contributed by atoms with Crippen molar-refractivity contribution in [1.82, 2.24) is 14.8 Å². The maximum atomic E-state index is 12.4. The van der Waals surface area contributed by atoms with Crippen LogP contribution in [-0.4, -0.2) is 53.3 Å². The topological polar surface area (TPSA) is 53.5 Å². The van der Waals surface area contributed by atoms with Crippen LogP contribution in [0.5, 0.6) is 0 Å². The standard InChI is InChI=1S/C14H21N3O2S/c1-9-13(20-10(2)15-9)14(19)16(4)7-12-5-6-17(8-12)11(3)18/h12H,5-8H2,1-4H3. The summed E-state index contributed by atoms with van der Waals surface area (Å²) in [6.07, 6.45) is 0.970. The third kappa shape index (κ3) is 3.17. The van der Waals surface area contributed by atoms with Crippen LogP contribution in [0.1, 0.15) is 33.7 Å². The van der Waals surface area contributed by atoms with Crippen molar-refractivity contribution in [2.75, 3.05) is 26.7 Å². The Kier molecular flexibility index (Phi) is 4.42. The normalized spacial score (nSPS) is 18.4. The van der Waals surface area contributed by atoms with Gasteiger partial charge in [-0.25, -0.2) is 4.98 Å². The van der Waals surface area contributed by atoms with E-state index >= 15 is 0 Å². The Hall–Kier alpha value is -1.43. The quantitative estimate of drug-likeness (QED) is 0.853. The molecule has 1 aliphatic rings. The van der Waals surface area contributed by atoms with Crippen LogP contribution in [0.15, 0.2) is 0 Å². The zero-order valence-electron chi connectivity index (χ0n) is 12.5. The molecule has 0 aliphatic carbocycles. The number of nitrogens with zero attached hydrogens (tertiary/aromatic N) is 3.